The molecule has 1 aliphatic carbocycles. The quantitative estimate of drug-likeness (QED) is 0.731. The second-order valence-electron chi connectivity index (χ2n) is 5.89. The van der Waals surface area contributed by atoms with Gasteiger partial charge in [-0.2, -0.15) is 0 Å². The summed E-state index contributed by atoms with van der Waals surface area (Å²) in [6, 6.07) is 1.53. The van der Waals surface area contributed by atoms with Gasteiger partial charge in [0, 0.05) is 18.6 Å². The minimum atomic E-state index is 0.687. The molecule has 94 valence electrons. The van der Waals surface area contributed by atoms with Gasteiger partial charge in [-0.05, 0) is 44.6 Å². The van der Waals surface area contributed by atoms with Gasteiger partial charge in [0.2, 0.25) is 0 Å². The molecule has 1 aliphatic heterocycles. The van der Waals surface area contributed by atoms with Crippen molar-refractivity contribution in [2.24, 2.45) is 11.7 Å². The van der Waals surface area contributed by atoms with E-state index in [1.807, 2.05) is 0 Å². The lowest BCUT2D eigenvalue weighted by Gasteiger charge is -2.40. The first kappa shape index (κ1) is 12.4. The van der Waals surface area contributed by atoms with Gasteiger partial charge < -0.3 is 5.73 Å². The van der Waals surface area contributed by atoms with E-state index in [0.717, 1.165) is 18.5 Å². The Kier molecular flexibility index (Phi) is 4.66. The van der Waals surface area contributed by atoms with Crippen LogP contribution in [0.4, 0.5) is 0 Å². The third-order valence-corrected chi connectivity index (χ3v) is 4.64. The number of hydrogen-bond acceptors (Lipinski definition) is 2. The summed E-state index contributed by atoms with van der Waals surface area (Å²) in [6.45, 7) is 4.59. The number of hydrogen-bond donors (Lipinski definition) is 1. The van der Waals surface area contributed by atoms with Crippen LogP contribution in [-0.4, -0.2) is 30.1 Å². The second kappa shape index (κ2) is 6.02. The Morgan fingerprint density at radius 1 is 1.00 bits per heavy atom. The van der Waals surface area contributed by atoms with Gasteiger partial charge in [0.05, 0.1) is 0 Å². The third-order valence-electron chi connectivity index (χ3n) is 4.64. The van der Waals surface area contributed by atoms with Crippen molar-refractivity contribution in [2.75, 3.05) is 13.1 Å². The number of rotatable bonds is 2. The van der Waals surface area contributed by atoms with E-state index in [4.69, 9.17) is 5.73 Å². The van der Waals surface area contributed by atoms with E-state index >= 15 is 0 Å². The van der Waals surface area contributed by atoms with Crippen molar-refractivity contribution in [3.05, 3.63) is 0 Å². The summed E-state index contributed by atoms with van der Waals surface area (Å²) in [4.78, 5) is 2.75. The molecule has 1 heterocycles. The van der Waals surface area contributed by atoms with E-state index in [-0.39, 0.29) is 0 Å². The van der Waals surface area contributed by atoms with Gasteiger partial charge >= 0.3 is 0 Å². The first-order chi connectivity index (χ1) is 7.81. The van der Waals surface area contributed by atoms with Crippen LogP contribution in [0.25, 0.3) is 0 Å². The van der Waals surface area contributed by atoms with Gasteiger partial charge in [-0.15, -0.1) is 0 Å². The highest BCUT2D eigenvalue weighted by Gasteiger charge is 2.28. The molecule has 16 heavy (non-hydrogen) atoms. The van der Waals surface area contributed by atoms with Crippen molar-refractivity contribution in [1.29, 1.82) is 0 Å². The molecular formula is C14H28N2. The van der Waals surface area contributed by atoms with E-state index in [0.29, 0.717) is 6.04 Å². The Labute approximate surface area is 101 Å². The minimum absolute atomic E-state index is 0.687. The summed E-state index contributed by atoms with van der Waals surface area (Å²) >= 11 is 0. The molecule has 0 bridgehead atoms. The summed E-state index contributed by atoms with van der Waals surface area (Å²) in [6.07, 6.45) is 11.3. The molecule has 2 aliphatic rings. The van der Waals surface area contributed by atoms with Crippen LogP contribution >= 0.6 is 0 Å². The minimum Gasteiger partial charge on any atom is -0.329 e. The van der Waals surface area contributed by atoms with E-state index < -0.39 is 0 Å². The van der Waals surface area contributed by atoms with Crippen LogP contribution in [0.2, 0.25) is 0 Å². The van der Waals surface area contributed by atoms with Gasteiger partial charge in [0.15, 0.2) is 0 Å². The SMILES string of the molecule is CC1CCCC(N2CCCCC2CN)CC1. The largest absolute Gasteiger partial charge is 0.329 e. The zero-order valence-electron chi connectivity index (χ0n) is 10.8. The summed E-state index contributed by atoms with van der Waals surface area (Å²) in [5.41, 5.74) is 5.93. The fraction of sp³-hybridized carbons (Fsp3) is 1.00. The Bertz CT molecular complexity index is 205. The molecule has 2 N–H and O–H groups in total. The van der Waals surface area contributed by atoms with Crippen LogP contribution in [0.3, 0.4) is 0 Å². The van der Waals surface area contributed by atoms with Gasteiger partial charge in [-0.3, -0.25) is 4.90 Å². The van der Waals surface area contributed by atoms with Crippen molar-refractivity contribution >= 4 is 0 Å². The molecule has 0 aromatic heterocycles. The number of likely N-dealkylation sites (tertiary alicyclic amines) is 1. The molecule has 2 rings (SSSR count). The molecule has 0 spiro atoms. The molecule has 1 saturated heterocycles. The normalized spacial score (nSPS) is 38.2. The van der Waals surface area contributed by atoms with E-state index in [2.05, 4.69) is 11.8 Å². The van der Waals surface area contributed by atoms with Crippen LogP contribution < -0.4 is 5.73 Å². The molecule has 0 aromatic carbocycles. The zero-order chi connectivity index (χ0) is 11.4. The fourth-order valence-electron chi connectivity index (χ4n) is 3.56. The van der Waals surface area contributed by atoms with Crippen molar-refractivity contribution in [3.8, 4) is 0 Å². The average Bonchev–Trinajstić information content (AvgIpc) is 2.54. The van der Waals surface area contributed by atoms with E-state index in [1.165, 1.54) is 57.9 Å². The predicted molar refractivity (Wildman–Crippen MR) is 69.4 cm³/mol. The monoisotopic (exact) mass is 224 g/mol. The van der Waals surface area contributed by atoms with Gasteiger partial charge in [0.25, 0.3) is 0 Å². The van der Waals surface area contributed by atoms with Crippen LogP contribution in [0.1, 0.15) is 58.3 Å². The van der Waals surface area contributed by atoms with Gasteiger partial charge in [-0.25, -0.2) is 0 Å². The topological polar surface area (TPSA) is 29.3 Å². The lowest BCUT2D eigenvalue weighted by atomic mass is 9.96. The highest BCUT2D eigenvalue weighted by Crippen LogP contribution is 2.29. The van der Waals surface area contributed by atoms with Crippen molar-refractivity contribution in [3.63, 3.8) is 0 Å². The van der Waals surface area contributed by atoms with Crippen molar-refractivity contribution in [2.45, 2.75) is 70.4 Å². The molecular weight excluding hydrogens is 196 g/mol. The standard InChI is InChI=1S/C14H28N2/c1-12-5-4-7-13(9-8-12)16-10-3-2-6-14(16)11-15/h12-14H,2-11,15H2,1H3. The lowest BCUT2D eigenvalue weighted by molar-refractivity contribution is 0.0891. The lowest BCUT2D eigenvalue weighted by Crippen LogP contribution is -2.49. The van der Waals surface area contributed by atoms with Gasteiger partial charge in [0.1, 0.15) is 0 Å². The summed E-state index contributed by atoms with van der Waals surface area (Å²) in [5, 5.41) is 0. The molecule has 3 atom stereocenters. The first-order valence-corrected chi connectivity index (χ1v) is 7.27. The van der Waals surface area contributed by atoms with E-state index in [1.54, 1.807) is 0 Å². The molecule has 3 unspecified atom stereocenters. The maximum absolute atomic E-state index is 5.93. The smallest absolute Gasteiger partial charge is 0.0221 e. The summed E-state index contributed by atoms with van der Waals surface area (Å²) in [7, 11) is 0. The number of nitrogens with zero attached hydrogens (tertiary/aromatic N) is 1. The average molecular weight is 224 g/mol. The van der Waals surface area contributed by atoms with Crippen molar-refractivity contribution < 1.29 is 0 Å². The number of piperidine rings is 1. The Balaban J connectivity index is 1.93. The molecule has 2 heteroatoms. The molecule has 1 saturated carbocycles. The highest BCUT2D eigenvalue weighted by atomic mass is 15.2. The summed E-state index contributed by atoms with van der Waals surface area (Å²) in [5.74, 6) is 0.950. The maximum Gasteiger partial charge on any atom is 0.0221 e. The molecule has 0 radical (unpaired) electrons. The maximum atomic E-state index is 5.93. The fourth-order valence-corrected chi connectivity index (χ4v) is 3.56. The molecule has 2 fully saturated rings. The van der Waals surface area contributed by atoms with E-state index in [9.17, 15) is 0 Å². The molecule has 2 nitrogen and oxygen atoms in total. The van der Waals surface area contributed by atoms with Crippen molar-refractivity contribution in [1.82, 2.24) is 4.90 Å². The third kappa shape index (κ3) is 2.98. The van der Waals surface area contributed by atoms with Crippen LogP contribution in [0.5, 0.6) is 0 Å². The van der Waals surface area contributed by atoms with Crippen LogP contribution in [0.15, 0.2) is 0 Å². The first-order valence-electron chi connectivity index (χ1n) is 7.27. The predicted octanol–water partition coefficient (Wildman–Crippen LogP) is 2.77. The Morgan fingerprint density at radius 2 is 1.88 bits per heavy atom. The summed E-state index contributed by atoms with van der Waals surface area (Å²) < 4.78 is 0. The zero-order valence-corrected chi connectivity index (χ0v) is 10.8. The Hall–Kier alpha value is -0.0800. The Morgan fingerprint density at radius 3 is 2.69 bits per heavy atom. The van der Waals surface area contributed by atoms with Crippen LogP contribution in [0, 0.1) is 5.92 Å². The highest BCUT2D eigenvalue weighted by molar-refractivity contribution is 4.85. The molecule has 0 aromatic rings. The number of nitrogens with two attached hydrogens (primary N) is 1. The molecule has 0 amide bonds. The second-order valence-corrected chi connectivity index (χ2v) is 5.89. The van der Waals surface area contributed by atoms with Crippen LogP contribution in [-0.2, 0) is 0 Å². The van der Waals surface area contributed by atoms with Gasteiger partial charge in [-0.1, -0.05) is 26.2 Å².